The highest BCUT2D eigenvalue weighted by atomic mass is 32.2. The Bertz CT molecular complexity index is 624. The third-order valence-electron chi connectivity index (χ3n) is 2.10. The van der Waals surface area contributed by atoms with Crippen LogP contribution in [0.15, 0.2) is 29.4 Å². The summed E-state index contributed by atoms with van der Waals surface area (Å²) in [4.78, 5) is 3.45. The summed E-state index contributed by atoms with van der Waals surface area (Å²) in [5, 5.41) is 5.84. The van der Waals surface area contributed by atoms with Gasteiger partial charge in [0, 0.05) is 0 Å². The maximum Gasteiger partial charge on any atom is 0.264 e. The Kier molecular flexibility index (Phi) is 2.80. The Morgan fingerprint density at radius 3 is 2.76 bits per heavy atom. The van der Waals surface area contributed by atoms with E-state index in [4.69, 9.17) is 0 Å². The number of aryl methyl sites for hydroxylation is 1. The zero-order valence-corrected chi connectivity index (χ0v) is 9.62. The normalized spacial score (nSPS) is 11.4. The van der Waals surface area contributed by atoms with E-state index in [9.17, 15) is 12.8 Å². The van der Waals surface area contributed by atoms with Crippen molar-refractivity contribution in [3.05, 3.63) is 35.9 Å². The minimum absolute atomic E-state index is 0.0222. The van der Waals surface area contributed by atoms with E-state index in [0.29, 0.717) is 5.56 Å². The lowest BCUT2D eigenvalue weighted by atomic mass is 10.2. The quantitative estimate of drug-likeness (QED) is 0.859. The molecule has 1 aromatic carbocycles. The van der Waals surface area contributed by atoms with Crippen LogP contribution in [-0.4, -0.2) is 23.6 Å². The second kappa shape index (κ2) is 4.13. The van der Waals surface area contributed by atoms with Crippen molar-refractivity contribution in [1.29, 1.82) is 0 Å². The van der Waals surface area contributed by atoms with E-state index >= 15 is 0 Å². The summed E-state index contributed by atoms with van der Waals surface area (Å²) < 4.78 is 39.0. The second-order valence-electron chi connectivity index (χ2n) is 3.35. The molecular formula is C9H9FN4O2S. The first-order valence-electron chi connectivity index (χ1n) is 4.63. The van der Waals surface area contributed by atoms with Crippen molar-refractivity contribution < 1.29 is 12.8 Å². The summed E-state index contributed by atoms with van der Waals surface area (Å²) in [5.41, 5.74) is 0.378. The van der Waals surface area contributed by atoms with Gasteiger partial charge < -0.3 is 0 Å². The van der Waals surface area contributed by atoms with Crippen LogP contribution in [0.5, 0.6) is 0 Å². The molecule has 0 amide bonds. The van der Waals surface area contributed by atoms with Crippen LogP contribution in [0, 0.1) is 12.7 Å². The van der Waals surface area contributed by atoms with Crippen LogP contribution in [0.2, 0.25) is 0 Å². The molecule has 0 saturated heterocycles. The summed E-state index contributed by atoms with van der Waals surface area (Å²) in [6, 6.07) is 3.66. The zero-order valence-electron chi connectivity index (χ0n) is 8.81. The number of hydrogen-bond acceptors (Lipinski definition) is 4. The van der Waals surface area contributed by atoms with E-state index in [1.165, 1.54) is 12.1 Å². The topological polar surface area (TPSA) is 87.7 Å². The van der Waals surface area contributed by atoms with Gasteiger partial charge in [0.05, 0.1) is 4.90 Å². The van der Waals surface area contributed by atoms with Gasteiger partial charge >= 0.3 is 0 Å². The monoisotopic (exact) mass is 256 g/mol. The van der Waals surface area contributed by atoms with Gasteiger partial charge in [-0.25, -0.2) is 22.6 Å². The number of nitrogens with one attached hydrogen (secondary N) is 2. The first-order valence-corrected chi connectivity index (χ1v) is 6.12. The number of nitrogens with zero attached hydrogens (tertiary/aromatic N) is 2. The SMILES string of the molecule is Cc1ccc(S(=O)(=O)Nc2ncn[nH]2)cc1F. The zero-order chi connectivity index (χ0) is 12.5. The lowest BCUT2D eigenvalue weighted by molar-refractivity contribution is 0.593. The standard InChI is InChI=1S/C9H9FN4O2S/c1-6-2-3-7(4-8(6)10)17(15,16)14-9-11-5-12-13-9/h2-5H,1H3,(H2,11,12,13,14). The average Bonchev–Trinajstić information content (AvgIpc) is 2.73. The van der Waals surface area contributed by atoms with Crippen LogP contribution in [0.4, 0.5) is 10.3 Å². The molecule has 0 atom stereocenters. The van der Waals surface area contributed by atoms with E-state index in [0.717, 1.165) is 12.4 Å². The maximum atomic E-state index is 13.3. The van der Waals surface area contributed by atoms with Crippen molar-refractivity contribution in [2.75, 3.05) is 4.72 Å². The lowest BCUT2D eigenvalue weighted by Gasteiger charge is -2.05. The highest BCUT2D eigenvalue weighted by molar-refractivity contribution is 7.92. The van der Waals surface area contributed by atoms with Gasteiger partial charge in [-0.1, -0.05) is 6.07 Å². The van der Waals surface area contributed by atoms with Crippen LogP contribution < -0.4 is 4.72 Å². The smallest absolute Gasteiger partial charge is 0.248 e. The van der Waals surface area contributed by atoms with Gasteiger partial charge in [0.15, 0.2) is 0 Å². The highest BCUT2D eigenvalue weighted by Gasteiger charge is 2.16. The van der Waals surface area contributed by atoms with Gasteiger partial charge in [-0.15, -0.1) is 0 Å². The number of hydrogen-bond donors (Lipinski definition) is 2. The summed E-state index contributed by atoms with van der Waals surface area (Å²) in [6.45, 7) is 1.55. The summed E-state index contributed by atoms with van der Waals surface area (Å²) in [7, 11) is -3.85. The Morgan fingerprint density at radius 1 is 1.41 bits per heavy atom. The Balaban J connectivity index is 2.35. The fourth-order valence-electron chi connectivity index (χ4n) is 1.18. The number of H-pyrrole nitrogens is 1. The van der Waals surface area contributed by atoms with Crippen molar-refractivity contribution in [2.45, 2.75) is 11.8 Å². The average molecular weight is 256 g/mol. The van der Waals surface area contributed by atoms with E-state index in [1.807, 2.05) is 0 Å². The van der Waals surface area contributed by atoms with Crippen molar-refractivity contribution in [2.24, 2.45) is 0 Å². The minimum atomic E-state index is -3.85. The predicted octanol–water partition coefficient (Wildman–Crippen LogP) is 1.05. The van der Waals surface area contributed by atoms with Crippen molar-refractivity contribution in [3.63, 3.8) is 0 Å². The van der Waals surface area contributed by atoms with Crippen molar-refractivity contribution >= 4 is 16.0 Å². The van der Waals surface area contributed by atoms with Gasteiger partial charge in [-0.05, 0) is 24.6 Å². The van der Waals surface area contributed by atoms with Gasteiger partial charge in [-0.3, -0.25) is 0 Å². The maximum absolute atomic E-state index is 13.3. The predicted molar refractivity (Wildman–Crippen MR) is 58.3 cm³/mol. The van der Waals surface area contributed by atoms with Crippen LogP contribution >= 0.6 is 0 Å². The molecule has 2 aromatic rings. The molecule has 8 heteroatoms. The van der Waals surface area contributed by atoms with Gasteiger partial charge in [-0.2, -0.15) is 10.1 Å². The molecule has 2 rings (SSSR count). The Morgan fingerprint density at radius 2 is 2.18 bits per heavy atom. The summed E-state index contributed by atoms with van der Waals surface area (Å²) >= 11 is 0. The van der Waals surface area contributed by atoms with Crippen LogP contribution in [0.3, 0.4) is 0 Å². The number of halogens is 1. The van der Waals surface area contributed by atoms with Crippen molar-refractivity contribution in [1.82, 2.24) is 15.2 Å². The Hall–Kier alpha value is -1.96. The molecule has 0 radical (unpaired) electrons. The number of aromatic nitrogens is 3. The fourth-order valence-corrected chi connectivity index (χ4v) is 2.16. The molecule has 17 heavy (non-hydrogen) atoms. The molecular weight excluding hydrogens is 247 g/mol. The molecule has 0 unspecified atom stereocenters. The molecule has 1 aromatic heterocycles. The first-order chi connectivity index (χ1) is 7.99. The molecule has 0 aliphatic heterocycles. The molecule has 6 nitrogen and oxygen atoms in total. The van der Waals surface area contributed by atoms with Crippen LogP contribution in [0.25, 0.3) is 0 Å². The third kappa shape index (κ3) is 2.41. The Labute approximate surface area is 96.9 Å². The first kappa shape index (κ1) is 11.5. The highest BCUT2D eigenvalue weighted by Crippen LogP contribution is 2.16. The molecule has 90 valence electrons. The molecule has 0 aliphatic carbocycles. The molecule has 0 spiro atoms. The number of benzene rings is 1. The summed E-state index contributed by atoms with van der Waals surface area (Å²) in [5.74, 6) is -0.601. The van der Waals surface area contributed by atoms with E-state index in [-0.39, 0.29) is 10.8 Å². The van der Waals surface area contributed by atoms with E-state index in [1.54, 1.807) is 6.92 Å². The van der Waals surface area contributed by atoms with Crippen LogP contribution in [0.1, 0.15) is 5.56 Å². The molecule has 1 heterocycles. The van der Waals surface area contributed by atoms with Gasteiger partial charge in [0.1, 0.15) is 12.1 Å². The van der Waals surface area contributed by atoms with E-state index < -0.39 is 15.8 Å². The lowest BCUT2D eigenvalue weighted by Crippen LogP contribution is -2.14. The number of rotatable bonds is 3. The number of sulfonamides is 1. The van der Waals surface area contributed by atoms with Gasteiger partial charge in [0.2, 0.25) is 5.95 Å². The fraction of sp³-hybridized carbons (Fsp3) is 0.111. The molecule has 0 fully saturated rings. The molecule has 0 saturated carbocycles. The molecule has 0 bridgehead atoms. The van der Waals surface area contributed by atoms with Crippen LogP contribution in [-0.2, 0) is 10.0 Å². The third-order valence-corrected chi connectivity index (χ3v) is 3.44. The second-order valence-corrected chi connectivity index (χ2v) is 5.03. The van der Waals surface area contributed by atoms with E-state index in [2.05, 4.69) is 19.9 Å². The van der Waals surface area contributed by atoms with Gasteiger partial charge in [0.25, 0.3) is 10.0 Å². The minimum Gasteiger partial charge on any atom is -0.248 e. The summed E-state index contributed by atoms with van der Waals surface area (Å²) in [6.07, 6.45) is 1.16. The number of anilines is 1. The molecule has 0 aliphatic rings. The van der Waals surface area contributed by atoms with Crippen molar-refractivity contribution in [3.8, 4) is 0 Å². The largest absolute Gasteiger partial charge is 0.264 e. The number of aromatic amines is 1. The molecule has 2 N–H and O–H groups in total.